The Hall–Kier alpha value is -1.51. The second-order valence-corrected chi connectivity index (χ2v) is 5.58. The number of hydrogen-bond acceptors (Lipinski definition) is 2. The summed E-state index contributed by atoms with van der Waals surface area (Å²) in [6, 6.07) is 6.34. The van der Waals surface area contributed by atoms with E-state index in [0.29, 0.717) is 5.92 Å². The van der Waals surface area contributed by atoms with E-state index >= 15 is 0 Å². The first kappa shape index (κ1) is 15.5. The van der Waals surface area contributed by atoms with Crippen LogP contribution in [0.5, 0.6) is 5.75 Å². The van der Waals surface area contributed by atoms with E-state index in [1.165, 1.54) is 0 Å². The summed E-state index contributed by atoms with van der Waals surface area (Å²) >= 11 is 0. The molecule has 3 heteroatoms. The predicted octanol–water partition coefficient (Wildman–Crippen LogP) is 3.36. The maximum absolute atomic E-state index is 11.9. The Bertz CT molecular complexity index is 438. The van der Waals surface area contributed by atoms with Crippen LogP contribution >= 0.6 is 0 Å². The number of likely N-dealkylation sites (N-methyl/N-ethyl adjacent to an activating group) is 1. The van der Waals surface area contributed by atoms with Gasteiger partial charge in [-0.25, -0.2) is 0 Å². The summed E-state index contributed by atoms with van der Waals surface area (Å²) in [5.41, 5.74) is 2.29. The van der Waals surface area contributed by atoms with Crippen LogP contribution in [0.2, 0.25) is 0 Å². The minimum absolute atomic E-state index is 0.00575. The molecule has 0 radical (unpaired) electrons. The highest BCUT2D eigenvalue weighted by Gasteiger charge is 2.14. The molecule has 0 N–H and O–H groups in total. The molecule has 0 aromatic heterocycles. The maximum Gasteiger partial charge on any atom is 0.260 e. The van der Waals surface area contributed by atoms with E-state index in [4.69, 9.17) is 4.74 Å². The average Bonchev–Trinajstić information content (AvgIpc) is 2.34. The van der Waals surface area contributed by atoms with Crippen molar-refractivity contribution >= 4 is 5.91 Å². The quantitative estimate of drug-likeness (QED) is 0.815. The lowest BCUT2D eigenvalue weighted by Crippen LogP contribution is -2.36. The Kier molecular flexibility index (Phi) is 5.40. The molecule has 1 aromatic carbocycles. The number of rotatable bonds is 5. The molecule has 0 spiro atoms. The van der Waals surface area contributed by atoms with Gasteiger partial charge in [0.1, 0.15) is 5.75 Å². The van der Waals surface area contributed by atoms with Gasteiger partial charge in [-0.1, -0.05) is 26.0 Å². The van der Waals surface area contributed by atoms with Crippen molar-refractivity contribution in [2.24, 2.45) is 0 Å². The Morgan fingerprint density at radius 2 is 1.89 bits per heavy atom. The van der Waals surface area contributed by atoms with E-state index in [1.54, 1.807) is 11.9 Å². The van der Waals surface area contributed by atoms with Crippen LogP contribution in [0.25, 0.3) is 0 Å². The predicted molar refractivity (Wildman–Crippen MR) is 78.7 cm³/mol. The number of nitrogens with zero attached hydrogens (tertiary/aromatic N) is 1. The Balaban J connectivity index is 2.77. The highest BCUT2D eigenvalue weighted by molar-refractivity contribution is 5.77. The van der Waals surface area contributed by atoms with E-state index in [-0.39, 0.29) is 18.6 Å². The summed E-state index contributed by atoms with van der Waals surface area (Å²) < 4.78 is 5.72. The molecule has 3 nitrogen and oxygen atoms in total. The molecule has 0 atom stereocenters. The summed E-state index contributed by atoms with van der Waals surface area (Å²) in [6.07, 6.45) is 0. The lowest BCUT2D eigenvalue weighted by atomic mass is 10.0. The van der Waals surface area contributed by atoms with Gasteiger partial charge < -0.3 is 9.64 Å². The number of benzene rings is 1. The summed E-state index contributed by atoms with van der Waals surface area (Å²) in [7, 11) is 1.80. The number of hydrogen-bond donors (Lipinski definition) is 0. The first-order chi connectivity index (χ1) is 8.82. The first-order valence-electron chi connectivity index (χ1n) is 6.82. The molecular weight excluding hydrogens is 238 g/mol. The number of carbonyl (C=O) groups is 1. The van der Waals surface area contributed by atoms with Crippen LogP contribution < -0.4 is 4.74 Å². The fraction of sp³-hybridized carbons (Fsp3) is 0.562. The lowest BCUT2D eigenvalue weighted by molar-refractivity contribution is -0.133. The Morgan fingerprint density at radius 1 is 1.26 bits per heavy atom. The minimum atomic E-state index is 0.00575. The zero-order chi connectivity index (χ0) is 14.6. The van der Waals surface area contributed by atoms with Crippen molar-refractivity contribution in [3.8, 4) is 5.75 Å². The van der Waals surface area contributed by atoms with E-state index in [2.05, 4.69) is 26.0 Å². The van der Waals surface area contributed by atoms with Crippen LogP contribution in [0.1, 0.15) is 44.7 Å². The van der Waals surface area contributed by atoms with Gasteiger partial charge in [-0.2, -0.15) is 0 Å². The molecule has 0 saturated heterocycles. The molecule has 1 aromatic rings. The van der Waals surface area contributed by atoms with Crippen molar-refractivity contribution < 1.29 is 9.53 Å². The Labute approximate surface area is 116 Å². The number of ether oxygens (including phenoxy) is 1. The van der Waals surface area contributed by atoms with Gasteiger partial charge in [0, 0.05) is 13.1 Å². The average molecular weight is 263 g/mol. The fourth-order valence-corrected chi connectivity index (χ4v) is 1.77. The van der Waals surface area contributed by atoms with Gasteiger partial charge >= 0.3 is 0 Å². The van der Waals surface area contributed by atoms with Crippen LogP contribution in [-0.2, 0) is 4.79 Å². The monoisotopic (exact) mass is 263 g/mol. The highest BCUT2D eigenvalue weighted by atomic mass is 16.5. The molecule has 0 unspecified atom stereocenters. The molecule has 106 valence electrons. The normalized spacial score (nSPS) is 10.9. The van der Waals surface area contributed by atoms with Crippen molar-refractivity contribution in [1.82, 2.24) is 4.90 Å². The largest absolute Gasteiger partial charge is 0.483 e. The molecule has 0 saturated carbocycles. The summed E-state index contributed by atoms with van der Waals surface area (Å²) in [6.45, 7) is 10.4. The van der Waals surface area contributed by atoms with E-state index in [9.17, 15) is 4.79 Å². The van der Waals surface area contributed by atoms with E-state index in [1.807, 2.05) is 26.8 Å². The summed E-state index contributed by atoms with van der Waals surface area (Å²) in [4.78, 5) is 13.6. The SMILES string of the molecule is Cc1ccc(C(C)C)c(OCC(=O)N(C)C(C)C)c1. The van der Waals surface area contributed by atoms with Gasteiger partial charge in [-0.3, -0.25) is 4.79 Å². The van der Waals surface area contributed by atoms with Gasteiger partial charge in [0.2, 0.25) is 0 Å². The molecule has 0 aliphatic rings. The number of amides is 1. The smallest absolute Gasteiger partial charge is 0.260 e. The van der Waals surface area contributed by atoms with Crippen molar-refractivity contribution in [2.45, 2.75) is 46.6 Å². The van der Waals surface area contributed by atoms with Crippen molar-refractivity contribution in [3.63, 3.8) is 0 Å². The second-order valence-electron chi connectivity index (χ2n) is 5.58. The van der Waals surface area contributed by atoms with Crippen LogP contribution in [0, 0.1) is 6.92 Å². The van der Waals surface area contributed by atoms with Crippen molar-refractivity contribution in [2.75, 3.05) is 13.7 Å². The first-order valence-corrected chi connectivity index (χ1v) is 6.82. The molecule has 0 aliphatic heterocycles. The number of carbonyl (C=O) groups excluding carboxylic acids is 1. The Morgan fingerprint density at radius 3 is 2.42 bits per heavy atom. The van der Waals surface area contributed by atoms with Crippen molar-refractivity contribution in [1.29, 1.82) is 0 Å². The minimum Gasteiger partial charge on any atom is -0.483 e. The molecule has 1 amide bonds. The molecule has 0 heterocycles. The maximum atomic E-state index is 11.9. The van der Waals surface area contributed by atoms with Crippen molar-refractivity contribution in [3.05, 3.63) is 29.3 Å². The molecule has 19 heavy (non-hydrogen) atoms. The van der Waals surface area contributed by atoms with E-state index < -0.39 is 0 Å². The van der Waals surface area contributed by atoms with Crippen LogP contribution in [-0.4, -0.2) is 30.5 Å². The summed E-state index contributed by atoms with van der Waals surface area (Å²) in [5.74, 6) is 1.21. The van der Waals surface area contributed by atoms with Gasteiger partial charge in [-0.05, 0) is 43.9 Å². The van der Waals surface area contributed by atoms with Gasteiger partial charge in [0.25, 0.3) is 5.91 Å². The van der Waals surface area contributed by atoms with Crippen LogP contribution in [0.4, 0.5) is 0 Å². The third-order valence-corrected chi connectivity index (χ3v) is 3.31. The topological polar surface area (TPSA) is 29.5 Å². The lowest BCUT2D eigenvalue weighted by Gasteiger charge is -2.22. The molecular formula is C16H25NO2. The van der Waals surface area contributed by atoms with Crippen LogP contribution in [0.3, 0.4) is 0 Å². The standard InChI is InChI=1S/C16H25NO2/c1-11(2)14-8-7-13(5)9-15(14)19-10-16(18)17(6)12(3)4/h7-9,11-12H,10H2,1-6H3. The molecule has 1 rings (SSSR count). The third kappa shape index (κ3) is 4.27. The number of aryl methyl sites for hydroxylation is 1. The van der Waals surface area contributed by atoms with Crippen LogP contribution in [0.15, 0.2) is 18.2 Å². The molecule has 0 fully saturated rings. The van der Waals surface area contributed by atoms with E-state index in [0.717, 1.165) is 16.9 Å². The fourth-order valence-electron chi connectivity index (χ4n) is 1.77. The van der Waals surface area contributed by atoms with Gasteiger partial charge in [-0.15, -0.1) is 0 Å². The summed E-state index contributed by atoms with van der Waals surface area (Å²) in [5, 5.41) is 0. The van der Waals surface area contributed by atoms with Gasteiger partial charge in [0.05, 0.1) is 0 Å². The molecule has 0 bridgehead atoms. The second kappa shape index (κ2) is 6.60. The zero-order valence-corrected chi connectivity index (χ0v) is 12.9. The zero-order valence-electron chi connectivity index (χ0n) is 12.9. The highest BCUT2D eigenvalue weighted by Crippen LogP contribution is 2.27. The molecule has 0 aliphatic carbocycles. The van der Waals surface area contributed by atoms with Gasteiger partial charge in [0.15, 0.2) is 6.61 Å². The third-order valence-electron chi connectivity index (χ3n) is 3.31.